The van der Waals surface area contributed by atoms with E-state index in [1.165, 1.54) is 0 Å². The van der Waals surface area contributed by atoms with Gasteiger partial charge in [-0.3, -0.25) is 0 Å². The van der Waals surface area contributed by atoms with Gasteiger partial charge >= 0.3 is 0 Å². The van der Waals surface area contributed by atoms with E-state index in [0.717, 1.165) is 10.5 Å². The van der Waals surface area contributed by atoms with Gasteiger partial charge in [-0.25, -0.2) is 0 Å². The maximum atomic E-state index is 9.78. The van der Waals surface area contributed by atoms with Gasteiger partial charge in [0.05, 0.1) is 19.3 Å². The minimum Gasteiger partial charge on any atom is -0.387 e. The molecule has 2 rings (SSSR count). The lowest BCUT2D eigenvalue weighted by Gasteiger charge is -2.07. The predicted octanol–water partition coefficient (Wildman–Crippen LogP) is 3.87. The van der Waals surface area contributed by atoms with Crippen LogP contribution in [-0.2, 0) is 11.3 Å². The number of hydrogen-bond acceptors (Lipinski definition) is 3. The van der Waals surface area contributed by atoms with Gasteiger partial charge in [-0.1, -0.05) is 60.3 Å². The molecule has 0 aliphatic carbocycles. The molecule has 0 amide bonds. The molecule has 3 heteroatoms. The summed E-state index contributed by atoms with van der Waals surface area (Å²) in [6.45, 7) is 0.832. The van der Waals surface area contributed by atoms with Crippen LogP contribution in [0.5, 0.6) is 0 Å². The Kier molecular flexibility index (Phi) is 6.38. The second kappa shape index (κ2) is 8.59. The maximum absolute atomic E-state index is 9.78. The van der Waals surface area contributed by atoms with Gasteiger partial charge in [-0.05, 0) is 29.2 Å². The normalized spacial score (nSPS) is 12.7. The molecular formula is C17H18O2S. The Morgan fingerprint density at radius 2 is 1.65 bits per heavy atom. The van der Waals surface area contributed by atoms with E-state index in [1.807, 2.05) is 66.1 Å². The van der Waals surface area contributed by atoms with E-state index in [4.69, 9.17) is 4.74 Å². The van der Waals surface area contributed by atoms with Crippen molar-refractivity contribution in [3.05, 3.63) is 77.7 Å². The smallest absolute Gasteiger partial charge is 0.0962 e. The van der Waals surface area contributed by atoms with Crippen molar-refractivity contribution in [1.82, 2.24) is 0 Å². The maximum Gasteiger partial charge on any atom is 0.0962 e. The molecule has 0 unspecified atom stereocenters. The van der Waals surface area contributed by atoms with Crippen molar-refractivity contribution in [2.45, 2.75) is 17.6 Å². The highest BCUT2D eigenvalue weighted by Crippen LogP contribution is 2.18. The standard InChI is InChI=1S/C17H18O2S/c18-16(11-12-20-17-9-5-2-6-10-17)14-19-13-15-7-3-1-4-8-15/h1-12,16,18H,13-14H2/b12-11-/t16-/m1/s1. The van der Waals surface area contributed by atoms with E-state index in [1.54, 1.807) is 17.8 Å². The summed E-state index contributed by atoms with van der Waals surface area (Å²) < 4.78 is 5.47. The summed E-state index contributed by atoms with van der Waals surface area (Å²) >= 11 is 1.58. The highest BCUT2D eigenvalue weighted by molar-refractivity contribution is 8.02. The lowest BCUT2D eigenvalue weighted by atomic mass is 10.2. The number of aliphatic hydroxyl groups is 1. The van der Waals surface area contributed by atoms with Crippen LogP contribution < -0.4 is 0 Å². The van der Waals surface area contributed by atoms with Gasteiger partial charge in [0.15, 0.2) is 0 Å². The summed E-state index contributed by atoms with van der Waals surface area (Å²) in [7, 11) is 0. The number of thioether (sulfide) groups is 1. The summed E-state index contributed by atoms with van der Waals surface area (Å²) in [5.74, 6) is 0. The second-order valence-corrected chi connectivity index (χ2v) is 5.31. The first kappa shape index (κ1) is 14.9. The van der Waals surface area contributed by atoms with E-state index in [0.29, 0.717) is 13.2 Å². The molecule has 104 valence electrons. The SMILES string of the molecule is O[C@H](/C=C\Sc1ccccc1)COCc1ccccc1. The molecule has 0 heterocycles. The van der Waals surface area contributed by atoms with Gasteiger partial charge in [-0.2, -0.15) is 0 Å². The average Bonchev–Trinajstić information content (AvgIpc) is 2.49. The third-order valence-electron chi connectivity index (χ3n) is 2.65. The number of benzene rings is 2. The zero-order chi connectivity index (χ0) is 14.0. The minimum absolute atomic E-state index is 0.306. The summed E-state index contributed by atoms with van der Waals surface area (Å²) in [5.41, 5.74) is 1.11. The van der Waals surface area contributed by atoms with Gasteiger partial charge in [-0.15, -0.1) is 0 Å². The van der Waals surface area contributed by atoms with Crippen molar-refractivity contribution >= 4 is 11.8 Å². The van der Waals surface area contributed by atoms with Crippen LogP contribution in [0.3, 0.4) is 0 Å². The third-order valence-corrected chi connectivity index (χ3v) is 3.49. The molecule has 0 saturated carbocycles. The highest BCUT2D eigenvalue weighted by Gasteiger charge is 1.99. The molecule has 0 radical (unpaired) electrons. The van der Waals surface area contributed by atoms with E-state index in [2.05, 4.69) is 0 Å². The van der Waals surface area contributed by atoms with E-state index in [-0.39, 0.29) is 0 Å². The Hall–Kier alpha value is -1.55. The average molecular weight is 286 g/mol. The molecule has 0 spiro atoms. The summed E-state index contributed by atoms with van der Waals surface area (Å²) in [6.07, 6.45) is 1.18. The third kappa shape index (κ3) is 5.61. The van der Waals surface area contributed by atoms with Crippen LogP contribution in [0.2, 0.25) is 0 Å². The molecule has 1 N–H and O–H groups in total. The van der Waals surface area contributed by atoms with Crippen molar-refractivity contribution < 1.29 is 9.84 Å². The molecule has 1 atom stereocenters. The van der Waals surface area contributed by atoms with Crippen LogP contribution in [0.4, 0.5) is 0 Å². The topological polar surface area (TPSA) is 29.5 Å². The molecule has 0 aliphatic rings. The van der Waals surface area contributed by atoms with E-state index >= 15 is 0 Å². The highest BCUT2D eigenvalue weighted by atomic mass is 32.2. The van der Waals surface area contributed by atoms with Crippen LogP contribution in [-0.4, -0.2) is 17.8 Å². The fourth-order valence-corrected chi connectivity index (χ4v) is 2.37. The van der Waals surface area contributed by atoms with Crippen molar-refractivity contribution in [1.29, 1.82) is 0 Å². The molecule has 0 aliphatic heterocycles. The van der Waals surface area contributed by atoms with Gasteiger partial charge in [0.25, 0.3) is 0 Å². The Morgan fingerprint density at radius 1 is 1.00 bits per heavy atom. The van der Waals surface area contributed by atoms with Gasteiger partial charge in [0.1, 0.15) is 0 Å². The first-order chi connectivity index (χ1) is 9.84. The first-order valence-corrected chi connectivity index (χ1v) is 7.40. The molecule has 0 fully saturated rings. The number of hydrogen-bond donors (Lipinski definition) is 1. The van der Waals surface area contributed by atoms with Gasteiger partial charge in [0, 0.05) is 4.90 Å². The Balaban J connectivity index is 1.66. The Bertz CT molecular complexity index is 511. The fourth-order valence-electron chi connectivity index (χ4n) is 1.63. The number of rotatable bonds is 7. The molecule has 0 aromatic heterocycles. The van der Waals surface area contributed by atoms with Crippen molar-refractivity contribution in [2.24, 2.45) is 0 Å². The molecule has 2 aromatic rings. The molecular weight excluding hydrogens is 268 g/mol. The molecule has 0 bridgehead atoms. The predicted molar refractivity (Wildman–Crippen MR) is 83.5 cm³/mol. The van der Waals surface area contributed by atoms with E-state index in [9.17, 15) is 5.11 Å². The number of ether oxygens (including phenoxy) is 1. The molecule has 0 saturated heterocycles. The van der Waals surface area contributed by atoms with Crippen molar-refractivity contribution in [3.8, 4) is 0 Å². The molecule has 2 nitrogen and oxygen atoms in total. The summed E-state index contributed by atoms with van der Waals surface area (Å²) in [5, 5.41) is 11.7. The second-order valence-electron chi connectivity index (χ2n) is 4.33. The van der Waals surface area contributed by atoms with Crippen LogP contribution in [0.15, 0.2) is 77.0 Å². The van der Waals surface area contributed by atoms with E-state index < -0.39 is 6.10 Å². The molecule has 2 aromatic carbocycles. The van der Waals surface area contributed by atoms with Gasteiger partial charge < -0.3 is 9.84 Å². The van der Waals surface area contributed by atoms with Crippen molar-refractivity contribution in [3.63, 3.8) is 0 Å². The summed E-state index contributed by atoms with van der Waals surface area (Å²) in [6, 6.07) is 20.0. The van der Waals surface area contributed by atoms with Gasteiger partial charge in [0.2, 0.25) is 0 Å². The lowest BCUT2D eigenvalue weighted by Crippen LogP contribution is -2.11. The van der Waals surface area contributed by atoms with Crippen LogP contribution in [0, 0.1) is 0 Å². The number of aliphatic hydroxyl groups excluding tert-OH is 1. The summed E-state index contributed by atoms with van der Waals surface area (Å²) in [4.78, 5) is 1.15. The largest absolute Gasteiger partial charge is 0.387 e. The van der Waals surface area contributed by atoms with Crippen molar-refractivity contribution in [2.75, 3.05) is 6.61 Å². The molecule has 20 heavy (non-hydrogen) atoms. The minimum atomic E-state index is -0.574. The zero-order valence-electron chi connectivity index (χ0n) is 11.2. The van der Waals surface area contributed by atoms with Crippen LogP contribution in [0.25, 0.3) is 0 Å². The Morgan fingerprint density at radius 3 is 2.35 bits per heavy atom. The van der Waals surface area contributed by atoms with Crippen LogP contribution in [0.1, 0.15) is 5.56 Å². The lowest BCUT2D eigenvalue weighted by molar-refractivity contribution is 0.0504. The Labute approximate surface area is 124 Å². The van der Waals surface area contributed by atoms with Crippen LogP contribution >= 0.6 is 11.8 Å². The monoisotopic (exact) mass is 286 g/mol. The zero-order valence-corrected chi connectivity index (χ0v) is 12.0. The fraction of sp³-hybridized carbons (Fsp3) is 0.176. The quantitative estimate of drug-likeness (QED) is 0.784. The first-order valence-electron chi connectivity index (χ1n) is 6.53.